The molecule has 3 rings (SSSR count). The number of hydrogen-bond donors (Lipinski definition) is 1. The van der Waals surface area contributed by atoms with E-state index in [4.69, 9.17) is 0 Å². The van der Waals surface area contributed by atoms with Crippen molar-refractivity contribution in [2.45, 2.75) is 38.3 Å². The Morgan fingerprint density at radius 3 is 2.21 bits per heavy atom. The largest absolute Gasteiger partial charge is 0.354 e. The highest BCUT2D eigenvalue weighted by atomic mass is 79.9. The fourth-order valence-electron chi connectivity index (χ4n) is 3.72. The molecular formula is C28H31BrFN3O4S. The van der Waals surface area contributed by atoms with Gasteiger partial charge in [0.15, 0.2) is 0 Å². The highest BCUT2D eigenvalue weighted by Crippen LogP contribution is 2.25. The maximum atomic E-state index is 13.8. The van der Waals surface area contributed by atoms with Crippen molar-refractivity contribution < 1.29 is 22.4 Å². The van der Waals surface area contributed by atoms with Gasteiger partial charge in [-0.1, -0.05) is 60.1 Å². The molecule has 202 valence electrons. The minimum Gasteiger partial charge on any atom is -0.354 e. The van der Waals surface area contributed by atoms with Gasteiger partial charge in [-0.2, -0.15) is 0 Å². The second-order valence-electron chi connectivity index (χ2n) is 9.27. The Morgan fingerprint density at radius 2 is 1.61 bits per heavy atom. The van der Waals surface area contributed by atoms with Gasteiger partial charge < -0.3 is 10.2 Å². The molecule has 0 aliphatic heterocycles. The molecule has 0 saturated heterocycles. The number of anilines is 1. The van der Waals surface area contributed by atoms with Crippen molar-refractivity contribution in [1.29, 1.82) is 0 Å². The number of halogens is 2. The van der Waals surface area contributed by atoms with Crippen molar-refractivity contribution in [3.8, 4) is 0 Å². The molecule has 0 aromatic heterocycles. The fourth-order valence-corrected chi connectivity index (χ4v) is 5.60. The normalized spacial score (nSPS) is 12.2. The lowest BCUT2D eigenvalue weighted by atomic mass is 10.1. The standard InChI is InChI=1S/C28H31BrFN3O4S/c1-20(2)17-31-28(35)21(3)32(18-22-8-7-9-23(29)16-22)27(34)19-33(25-14-12-24(30)13-15-25)38(36,37)26-10-5-4-6-11-26/h4-16,20-21H,17-19H2,1-3H3,(H,31,35). The first kappa shape index (κ1) is 29.3. The second-order valence-corrected chi connectivity index (χ2v) is 12.0. The molecule has 0 radical (unpaired) electrons. The molecule has 1 unspecified atom stereocenters. The summed E-state index contributed by atoms with van der Waals surface area (Å²) >= 11 is 3.42. The van der Waals surface area contributed by atoms with Crippen LogP contribution in [0.1, 0.15) is 26.3 Å². The SMILES string of the molecule is CC(C)CNC(=O)C(C)N(Cc1cccc(Br)c1)C(=O)CN(c1ccc(F)cc1)S(=O)(=O)c1ccccc1. The average Bonchev–Trinajstić information content (AvgIpc) is 2.89. The lowest BCUT2D eigenvalue weighted by Gasteiger charge is -2.32. The molecule has 1 N–H and O–H groups in total. The van der Waals surface area contributed by atoms with Crippen LogP contribution in [0, 0.1) is 11.7 Å². The molecule has 0 aliphatic carbocycles. The van der Waals surface area contributed by atoms with E-state index in [1.807, 2.05) is 38.1 Å². The summed E-state index contributed by atoms with van der Waals surface area (Å²) in [6.45, 7) is 5.47. The average molecular weight is 605 g/mol. The summed E-state index contributed by atoms with van der Waals surface area (Å²) in [5.74, 6) is -1.25. The summed E-state index contributed by atoms with van der Waals surface area (Å²) < 4.78 is 42.7. The smallest absolute Gasteiger partial charge is 0.264 e. The van der Waals surface area contributed by atoms with E-state index in [0.29, 0.717) is 6.54 Å². The van der Waals surface area contributed by atoms with E-state index in [0.717, 1.165) is 26.5 Å². The number of carbonyl (C=O) groups is 2. The number of rotatable bonds is 11. The predicted octanol–water partition coefficient (Wildman–Crippen LogP) is 4.97. The van der Waals surface area contributed by atoms with Crippen molar-refractivity contribution in [2.24, 2.45) is 5.92 Å². The van der Waals surface area contributed by atoms with Crippen molar-refractivity contribution in [3.05, 3.63) is 94.7 Å². The molecule has 0 spiro atoms. The van der Waals surface area contributed by atoms with Gasteiger partial charge in [-0.05, 0) is 66.9 Å². The van der Waals surface area contributed by atoms with Crippen LogP contribution in [-0.2, 0) is 26.2 Å². The molecule has 0 bridgehead atoms. The van der Waals surface area contributed by atoms with Crippen LogP contribution in [0.4, 0.5) is 10.1 Å². The van der Waals surface area contributed by atoms with Gasteiger partial charge in [0.2, 0.25) is 11.8 Å². The van der Waals surface area contributed by atoms with E-state index in [1.165, 1.54) is 29.2 Å². The van der Waals surface area contributed by atoms with E-state index >= 15 is 0 Å². The van der Waals surface area contributed by atoms with Gasteiger partial charge >= 0.3 is 0 Å². The summed E-state index contributed by atoms with van der Waals surface area (Å²) in [5, 5.41) is 2.85. The van der Waals surface area contributed by atoms with Gasteiger partial charge in [0.1, 0.15) is 18.4 Å². The van der Waals surface area contributed by atoms with Crippen LogP contribution in [0.15, 0.2) is 88.2 Å². The summed E-state index contributed by atoms with van der Waals surface area (Å²) in [7, 11) is -4.19. The Hall–Kier alpha value is -3.24. The molecular weight excluding hydrogens is 573 g/mol. The first-order valence-electron chi connectivity index (χ1n) is 12.1. The van der Waals surface area contributed by atoms with Crippen LogP contribution in [0.25, 0.3) is 0 Å². The molecule has 10 heteroatoms. The van der Waals surface area contributed by atoms with E-state index in [2.05, 4.69) is 21.2 Å². The van der Waals surface area contributed by atoms with Crippen molar-refractivity contribution >= 4 is 43.5 Å². The van der Waals surface area contributed by atoms with Gasteiger partial charge in [0.25, 0.3) is 10.0 Å². The third kappa shape index (κ3) is 7.64. The van der Waals surface area contributed by atoms with Crippen LogP contribution in [0.5, 0.6) is 0 Å². The Labute approximate surface area is 231 Å². The summed E-state index contributed by atoms with van der Waals surface area (Å²) in [6, 6.07) is 19.0. The zero-order chi connectivity index (χ0) is 27.9. The first-order valence-corrected chi connectivity index (χ1v) is 14.4. The molecule has 0 aliphatic rings. The number of benzene rings is 3. The number of sulfonamides is 1. The van der Waals surface area contributed by atoms with E-state index in [1.54, 1.807) is 25.1 Å². The molecule has 1 atom stereocenters. The van der Waals surface area contributed by atoms with E-state index in [-0.39, 0.29) is 29.0 Å². The third-order valence-corrected chi connectivity index (χ3v) is 8.10. The topological polar surface area (TPSA) is 86.8 Å². The van der Waals surface area contributed by atoms with Crippen LogP contribution < -0.4 is 9.62 Å². The fraction of sp³-hybridized carbons (Fsp3) is 0.286. The first-order chi connectivity index (χ1) is 18.0. The van der Waals surface area contributed by atoms with Crippen LogP contribution in [0.3, 0.4) is 0 Å². The maximum absolute atomic E-state index is 13.8. The lowest BCUT2D eigenvalue weighted by Crippen LogP contribution is -2.51. The summed E-state index contributed by atoms with van der Waals surface area (Å²) in [6.07, 6.45) is 0. The van der Waals surface area contributed by atoms with Crippen LogP contribution in [0.2, 0.25) is 0 Å². The van der Waals surface area contributed by atoms with Gasteiger partial charge in [-0.15, -0.1) is 0 Å². The maximum Gasteiger partial charge on any atom is 0.264 e. The Bertz CT molecular complexity index is 1350. The van der Waals surface area contributed by atoms with Gasteiger partial charge in [-0.25, -0.2) is 12.8 Å². The predicted molar refractivity (Wildman–Crippen MR) is 149 cm³/mol. The molecule has 0 saturated carbocycles. The Kier molecular flexibility index (Phi) is 10.0. The molecule has 3 aromatic rings. The zero-order valence-electron chi connectivity index (χ0n) is 21.5. The van der Waals surface area contributed by atoms with E-state index in [9.17, 15) is 22.4 Å². The quantitative estimate of drug-likeness (QED) is 0.335. The molecule has 38 heavy (non-hydrogen) atoms. The van der Waals surface area contributed by atoms with Crippen molar-refractivity contribution in [3.63, 3.8) is 0 Å². The van der Waals surface area contributed by atoms with E-state index < -0.39 is 34.3 Å². The minimum absolute atomic E-state index is 0.0154. The van der Waals surface area contributed by atoms with Gasteiger partial charge in [0.05, 0.1) is 10.6 Å². The number of nitrogens with one attached hydrogen (secondary N) is 1. The number of carbonyl (C=O) groups excluding carboxylic acids is 2. The number of hydrogen-bond acceptors (Lipinski definition) is 4. The minimum atomic E-state index is -4.19. The van der Waals surface area contributed by atoms with Crippen LogP contribution >= 0.6 is 15.9 Å². The van der Waals surface area contributed by atoms with Crippen molar-refractivity contribution in [1.82, 2.24) is 10.2 Å². The Balaban J connectivity index is 1.99. The Morgan fingerprint density at radius 1 is 0.947 bits per heavy atom. The second kappa shape index (κ2) is 13.0. The molecule has 7 nitrogen and oxygen atoms in total. The lowest BCUT2D eigenvalue weighted by molar-refractivity contribution is -0.139. The molecule has 0 fully saturated rings. The van der Waals surface area contributed by atoms with Gasteiger partial charge in [-0.3, -0.25) is 13.9 Å². The summed E-state index contributed by atoms with van der Waals surface area (Å²) in [5.41, 5.74) is 0.887. The van der Waals surface area contributed by atoms with Gasteiger partial charge in [0, 0.05) is 17.6 Å². The molecule has 0 heterocycles. The number of amides is 2. The monoisotopic (exact) mass is 603 g/mol. The van der Waals surface area contributed by atoms with Crippen molar-refractivity contribution in [2.75, 3.05) is 17.4 Å². The third-order valence-electron chi connectivity index (χ3n) is 5.82. The molecule has 2 amide bonds. The highest BCUT2D eigenvalue weighted by Gasteiger charge is 2.32. The summed E-state index contributed by atoms with van der Waals surface area (Å²) in [4.78, 5) is 28.1. The highest BCUT2D eigenvalue weighted by molar-refractivity contribution is 9.10. The zero-order valence-corrected chi connectivity index (χ0v) is 23.9. The van der Waals surface area contributed by atoms with Crippen LogP contribution in [-0.4, -0.2) is 44.3 Å². The molecule has 3 aromatic carbocycles. The number of nitrogens with zero attached hydrogens (tertiary/aromatic N) is 2.